The van der Waals surface area contributed by atoms with Gasteiger partial charge in [0.05, 0.1) is 17.7 Å². The summed E-state index contributed by atoms with van der Waals surface area (Å²) in [5.41, 5.74) is -7.97. The molecule has 1 aromatic rings. The highest BCUT2D eigenvalue weighted by Crippen LogP contribution is 2.57. The molecule has 0 radical (unpaired) electrons. The van der Waals surface area contributed by atoms with Gasteiger partial charge >= 0.3 is 24.5 Å². The number of hydrogen-bond acceptors (Lipinski definition) is 2. The molecule has 0 fully saturated rings. The summed E-state index contributed by atoms with van der Waals surface area (Å²) in [6, 6.07) is 3.69. The molecule has 15 heteroatoms. The van der Waals surface area contributed by atoms with Crippen LogP contribution in [0, 0.1) is 5.92 Å². The minimum atomic E-state index is -7.26. The Morgan fingerprint density at radius 1 is 0.700 bits per heavy atom. The highest BCUT2D eigenvalue weighted by atomic mass is 19.4. The van der Waals surface area contributed by atoms with Gasteiger partial charge in [-0.1, -0.05) is 12.1 Å². The first-order valence-electron chi connectivity index (χ1n) is 7.49. The Hall–Kier alpha value is -2.48. The van der Waals surface area contributed by atoms with Gasteiger partial charge in [0, 0.05) is 0 Å². The van der Waals surface area contributed by atoms with E-state index in [1.165, 1.54) is 0 Å². The summed E-state index contributed by atoms with van der Waals surface area (Å²) in [4.78, 5) is 23.2. The Morgan fingerprint density at radius 3 is 1.37 bits per heavy atom. The van der Waals surface area contributed by atoms with E-state index in [1.807, 2.05) is 0 Å². The van der Waals surface area contributed by atoms with E-state index in [0.29, 0.717) is 0 Å². The number of nitrogens with zero attached hydrogens (tertiary/aromatic N) is 1. The number of alkyl halides is 12. The maximum absolute atomic E-state index is 14.9. The molecule has 1 aromatic carbocycles. The molecular formula is C15H7F12NO2. The Labute approximate surface area is 158 Å². The van der Waals surface area contributed by atoms with E-state index in [1.54, 1.807) is 0 Å². The first-order valence-corrected chi connectivity index (χ1v) is 7.49. The number of imide groups is 1. The Balaban J connectivity index is 2.70. The number of rotatable bonds is 4. The zero-order valence-electron chi connectivity index (χ0n) is 13.9. The lowest BCUT2D eigenvalue weighted by Gasteiger charge is -2.42. The second-order valence-corrected chi connectivity index (χ2v) is 6.19. The van der Waals surface area contributed by atoms with Gasteiger partial charge in [0.1, 0.15) is 0 Å². The molecular weight excluding hydrogens is 454 g/mol. The summed E-state index contributed by atoms with van der Waals surface area (Å²) < 4.78 is 158. The molecule has 1 aliphatic rings. The third kappa shape index (κ3) is 3.57. The van der Waals surface area contributed by atoms with Gasteiger partial charge in [0.25, 0.3) is 11.8 Å². The molecule has 168 valence electrons. The molecule has 2 amide bonds. The van der Waals surface area contributed by atoms with E-state index >= 15 is 0 Å². The lowest BCUT2D eigenvalue weighted by atomic mass is 9.81. The minimum absolute atomic E-state index is 0.726. The van der Waals surface area contributed by atoms with Crippen molar-refractivity contribution in [3.63, 3.8) is 0 Å². The third-order valence-corrected chi connectivity index (χ3v) is 4.26. The van der Waals surface area contributed by atoms with E-state index in [4.69, 9.17) is 0 Å². The van der Waals surface area contributed by atoms with Crippen molar-refractivity contribution in [2.24, 2.45) is 5.92 Å². The summed E-state index contributed by atoms with van der Waals surface area (Å²) in [5, 5.41) is 0. The summed E-state index contributed by atoms with van der Waals surface area (Å²) in [6.45, 7) is -3.16. The predicted molar refractivity (Wildman–Crippen MR) is 72.2 cm³/mol. The minimum Gasteiger partial charge on any atom is -0.271 e. The zero-order chi connectivity index (χ0) is 23.5. The van der Waals surface area contributed by atoms with Gasteiger partial charge in [-0.05, 0) is 12.1 Å². The van der Waals surface area contributed by atoms with Crippen LogP contribution in [-0.2, 0) is 0 Å². The number of carbonyl (C=O) groups excluding carboxylic acids is 2. The van der Waals surface area contributed by atoms with Crippen molar-refractivity contribution < 1.29 is 62.3 Å². The maximum atomic E-state index is 14.9. The molecule has 0 unspecified atom stereocenters. The normalized spacial score (nSPS) is 18.1. The summed E-state index contributed by atoms with van der Waals surface area (Å²) in [6.07, 6.45) is -21.2. The van der Waals surface area contributed by atoms with Crippen LogP contribution in [0.5, 0.6) is 0 Å². The smallest absolute Gasteiger partial charge is 0.271 e. The lowest BCUT2D eigenvalue weighted by molar-refractivity contribution is -0.390. The van der Waals surface area contributed by atoms with Gasteiger partial charge in [-0.15, -0.1) is 0 Å². The molecule has 3 nitrogen and oxygen atoms in total. The van der Waals surface area contributed by atoms with Crippen molar-refractivity contribution in [1.82, 2.24) is 4.90 Å². The van der Waals surface area contributed by atoms with Crippen LogP contribution in [0.4, 0.5) is 52.7 Å². The number of carbonyl (C=O) groups is 2. The number of hydrogen-bond donors (Lipinski definition) is 0. The monoisotopic (exact) mass is 461 g/mol. The lowest BCUT2D eigenvalue weighted by Crippen LogP contribution is -2.68. The van der Waals surface area contributed by atoms with E-state index in [0.717, 1.165) is 24.3 Å². The fraction of sp³-hybridized carbons (Fsp3) is 0.467. The molecule has 0 spiro atoms. The van der Waals surface area contributed by atoms with Crippen molar-refractivity contribution in [2.45, 2.75) is 30.1 Å². The predicted octanol–water partition coefficient (Wildman–Crippen LogP) is 4.93. The third-order valence-electron chi connectivity index (χ3n) is 4.26. The summed E-state index contributed by atoms with van der Waals surface area (Å²) in [5.74, 6) is -16.8. The molecule has 1 atom stereocenters. The number of benzene rings is 1. The van der Waals surface area contributed by atoms with Crippen molar-refractivity contribution in [3.05, 3.63) is 35.4 Å². The van der Waals surface area contributed by atoms with Gasteiger partial charge in [-0.3, -0.25) is 14.5 Å². The van der Waals surface area contributed by atoms with Gasteiger partial charge in [0.2, 0.25) is 5.67 Å². The second kappa shape index (κ2) is 6.77. The SMILES string of the molecule is O=C1c2ccccc2C(=O)N1C[C@@](F)(C(C(F)(F)F)C(F)(F)F)C(F)(F)C(F)(F)F. The van der Waals surface area contributed by atoms with E-state index < -0.39 is 70.4 Å². The standard InChI is InChI=1S/C15H7F12NO2/c16-11(14(23,24)15(25,26)27,10(12(17,18)19)13(20,21)22)5-28-8(29)6-3-1-2-4-7(6)9(28)30/h1-4,10H,5H2/t11-/m1/s1. The van der Waals surface area contributed by atoms with Crippen LogP contribution < -0.4 is 0 Å². The molecule has 0 saturated heterocycles. The quantitative estimate of drug-likeness (QED) is 0.471. The van der Waals surface area contributed by atoms with E-state index in [-0.39, 0.29) is 0 Å². The zero-order valence-corrected chi connectivity index (χ0v) is 13.9. The van der Waals surface area contributed by atoms with Crippen molar-refractivity contribution in [3.8, 4) is 0 Å². The van der Waals surface area contributed by atoms with Gasteiger partial charge < -0.3 is 0 Å². The largest absolute Gasteiger partial charge is 0.456 e. The molecule has 2 rings (SSSR count). The molecule has 0 bridgehead atoms. The van der Waals surface area contributed by atoms with E-state index in [9.17, 15) is 62.3 Å². The van der Waals surface area contributed by atoms with E-state index in [2.05, 4.69) is 0 Å². The molecule has 0 saturated carbocycles. The van der Waals surface area contributed by atoms with Crippen molar-refractivity contribution >= 4 is 11.8 Å². The van der Waals surface area contributed by atoms with Crippen molar-refractivity contribution in [2.75, 3.05) is 6.54 Å². The molecule has 0 aromatic heterocycles. The number of halogens is 12. The van der Waals surface area contributed by atoms with Crippen LogP contribution >= 0.6 is 0 Å². The fourth-order valence-corrected chi connectivity index (χ4v) is 2.92. The van der Waals surface area contributed by atoms with Crippen molar-refractivity contribution in [1.29, 1.82) is 0 Å². The van der Waals surface area contributed by atoms with Gasteiger partial charge in [0.15, 0.2) is 5.92 Å². The molecule has 30 heavy (non-hydrogen) atoms. The second-order valence-electron chi connectivity index (χ2n) is 6.19. The summed E-state index contributed by atoms with van der Waals surface area (Å²) >= 11 is 0. The van der Waals surface area contributed by atoms with Crippen LogP contribution in [0.25, 0.3) is 0 Å². The van der Waals surface area contributed by atoms with Gasteiger partial charge in [-0.25, -0.2) is 4.39 Å². The topological polar surface area (TPSA) is 37.4 Å². The highest BCUT2D eigenvalue weighted by Gasteiger charge is 2.82. The average molecular weight is 461 g/mol. The maximum Gasteiger partial charge on any atom is 0.456 e. The summed E-state index contributed by atoms with van der Waals surface area (Å²) in [7, 11) is 0. The highest BCUT2D eigenvalue weighted by molar-refractivity contribution is 6.21. The first-order chi connectivity index (χ1) is 13.3. The fourth-order valence-electron chi connectivity index (χ4n) is 2.92. The average Bonchev–Trinajstić information content (AvgIpc) is 2.76. The van der Waals surface area contributed by atoms with Crippen LogP contribution in [0.2, 0.25) is 0 Å². The molecule has 1 heterocycles. The van der Waals surface area contributed by atoms with Crippen LogP contribution in [-0.4, -0.2) is 53.4 Å². The first kappa shape index (κ1) is 23.8. The van der Waals surface area contributed by atoms with Gasteiger partial charge in [-0.2, -0.15) is 48.3 Å². The van der Waals surface area contributed by atoms with Crippen LogP contribution in [0.3, 0.4) is 0 Å². The Bertz CT molecular complexity index is 807. The van der Waals surface area contributed by atoms with Crippen LogP contribution in [0.1, 0.15) is 20.7 Å². The number of fused-ring (bicyclic) bond motifs is 1. The Kier molecular flexibility index (Phi) is 5.37. The Morgan fingerprint density at radius 2 is 1.07 bits per heavy atom. The number of amides is 2. The van der Waals surface area contributed by atoms with Crippen LogP contribution in [0.15, 0.2) is 24.3 Å². The molecule has 1 aliphatic heterocycles. The molecule has 0 aliphatic carbocycles. The molecule has 0 N–H and O–H groups in total.